The minimum absolute atomic E-state index is 0.324. The van der Waals surface area contributed by atoms with E-state index in [0.717, 1.165) is 21.8 Å². The topological polar surface area (TPSA) is 250 Å². The summed E-state index contributed by atoms with van der Waals surface area (Å²) in [5.41, 5.74) is 0.349. The van der Waals surface area contributed by atoms with Gasteiger partial charge in [0.1, 0.15) is 20.2 Å². The number of nitro groups is 2. The minimum atomic E-state index is -5.42. The highest BCUT2D eigenvalue weighted by atomic mass is 127. The number of azo groups is 1. The number of halogens is 1. The molecule has 0 aliphatic rings. The van der Waals surface area contributed by atoms with Crippen molar-refractivity contribution in [2.45, 2.75) is 9.79 Å². The molecule has 0 heterocycles. The monoisotopic (exact) mass is 674 g/mol. The van der Waals surface area contributed by atoms with Crippen molar-refractivity contribution in [1.82, 2.24) is 0 Å². The maximum Gasteiger partial charge on any atom is 0.303 e. The summed E-state index contributed by atoms with van der Waals surface area (Å²) >= 11 is 2.03. The Labute approximate surface area is 227 Å². The molecule has 0 saturated carbocycles. The number of hydrogen-bond donors (Lipinski definition) is 1. The smallest absolute Gasteiger partial charge is 0.303 e. The Bertz CT molecular complexity index is 1710. The predicted octanol–water partition coefficient (Wildman–Crippen LogP) is 3.47. The second-order valence-electron chi connectivity index (χ2n) is 7.01. The average molecular weight is 674 g/mol. The molecule has 3 rings (SSSR count). The van der Waals surface area contributed by atoms with Gasteiger partial charge in [-0.3, -0.25) is 25.7 Å². The number of benzene rings is 3. The van der Waals surface area contributed by atoms with Crippen molar-refractivity contribution in [1.29, 1.82) is 0 Å². The maximum absolute atomic E-state index is 11.9. The van der Waals surface area contributed by atoms with Gasteiger partial charge < -0.3 is 9.11 Å². The normalized spacial score (nSPS) is 12.4. The number of non-ortho nitro benzene ring substituents is 1. The summed E-state index contributed by atoms with van der Waals surface area (Å²) in [6.07, 6.45) is 0. The van der Waals surface area contributed by atoms with E-state index in [9.17, 15) is 46.2 Å². The molecule has 3 aromatic carbocycles. The van der Waals surface area contributed by atoms with Crippen LogP contribution in [0.2, 0.25) is 0 Å². The van der Waals surface area contributed by atoms with Gasteiger partial charge in [0.25, 0.3) is 5.69 Å². The van der Waals surface area contributed by atoms with Crippen molar-refractivity contribution >= 4 is 71.4 Å². The standard InChI is InChI=1S/C19H13IN6O10S2/c20-11-1-3-12(4-2-11)21-23-19(15-7-6-14(37(31,32)33)10-18(15)38(34,35)36)24-22-16-8-5-13(25(27)28)9-17(16)26(29)30/h1-10,21H,(H,31,32,33)(H,34,35,36)/p-2/b23-19-,24-22?. The molecule has 0 bridgehead atoms. The summed E-state index contributed by atoms with van der Waals surface area (Å²) in [6.45, 7) is 0. The van der Waals surface area contributed by atoms with Crippen LogP contribution in [-0.2, 0) is 20.2 Å². The summed E-state index contributed by atoms with van der Waals surface area (Å²) in [6, 6.07) is 10.7. The van der Waals surface area contributed by atoms with Gasteiger partial charge in [-0.05, 0) is 71.1 Å². The van der Waals surface area contributed by atoms with E-state index in [0.29, 0.717) is 23.9 Å². The Hall–Kier alpha value is -3.92. The number of hydrogen-bond acceptors (Lipinski definition) is 13. The van der Waals surface area contributed by atoms with Crippen LogP contribution in [0, 0.1) is 23.8 Å². The number of hydrazone groups is 1. The zero-order valence-corrected chi connectivity index (χ0v) is 22.1. The Morgan fingerprint density at radius 3 is 2.05 bits per heavy atom. The lowest BCUT2D eigenvalue weighted by atomic mass is 10.2. The number of nitro benzene ring substituents is 2. The van der Waals surface area contributed by atoms with Gasteiger partial charge in [0, 0.05) is 15.2 Å². The van der Waals surface area contributed by atoms with Gasteiger partial charge in [-0.15, -0.1) is 10.2 Å². The molecule has 0 spiro atoms. The van der Waals surface area contributed by atoms with Gasteiger partial charge in [0.05, 0.1) is 31.4 Å². The van der Waals surface area contributed by atoms with E-state index in [4.69, 9.17) is 0 Å². The van der Waals surface area contributed by atoms with Crippen molar-refractivity contribution < 1.29 is 35.8 Å². The molecule has 0 aliphatic carbocycles. The molecule has 0 saturated heterocycles. The van der Waals surface area contributed by atoms with Crippen LogP contribution >= 0.6 is 22.6 Å². The first-order valence-electron chi connectivity index (χ1n) is 9.67. The quantitative estimate of drug-likeness (QED) is 0.0689. The van der Waals surface area contributed by atoms with Crippen molar-refractivity contribution in [3.05, 3.63) is 90.0 Å². The molecule has 0 unspecified atom stereocenters. The molecular formula is C19H11IN6O10S2-2. The third-order valence-corrected chi connectivity index (χ3v) is 6.93. The van der Waals surface area contributed by atoms with E-state index < -0.39 is 68.3 Å². The summed E-state index contributed by atoms with van der Waals surface area (Å²) in [7, 11) is -10.6. The fourth-order valence-corrected chi connectivity index (χ4v) is 4.42. The highest BCUT2D eigenvalue weighted by Crippen LogP contribution is 2.32. The summed E-state index contributed by atoms with van der Waals surface area (Å²) in [5.74, 6) is -0.666. The Morgan fingerprint density at radius 1 is 0.842 bits per heavy atom. The van der Waals surface area contributed by atoms with Crippen LogP contribution in [0.3, 0.4) is 0 Å². The van der Waals surface area contributed by atoms with Crippen molar-refractivity contribution in [3.63, 3.8) is 0 Å². The fourth-order valence-electron chi connectivity index (χ4n) is 2.79. The first-order valence-corrected chi connectivity index (χ1v) is 13.6. The minimum Gasteiger partial charge on any atom is -0.744 e. The van der Waals surface area contributed by atoms with E-state index in [1.165, 1.54) is 0 Å². The molecule has 0 atom stereocenters. The first-order chi connectivity index (χ1) is 17.7. The van der Waals surface area contributed by atoms with Crippen LogP contribution in [0.1, 0.15) is 5.56 Å². The van der Waals surface area contributed by atoms with E-state index in [-0.39, 0.29) is 0 Å². The maximum atomic E-state index is 11.9. The van der Waals surface area contributed by atoms with E-state index in [2.05, 4.69) is 20.8 Å². The second kappa shape index (κ2) is 11.2. The predicted molar refractivity (Wildman–Crippen MR) is 136 cm³/mol. The van der Waals surface area contributed by atoms with Gasteiger partial charge in [-0.2, -0.15) is 5.10 Å². The largest absolute Gasteiger partial charge is 0.744 e. The zero-order valence-electron chi connectivity index (χ0n) is 18.3. The molecular weight excluding hydrogens is 663 g/mol. The van der Waals surface area contributed by atoms with Gasteiger partial charge in [-0.25, -0.2) is 16.8 Å². The number of nitrogens with one attached hydrogen (secondary N) is 1. The lowest BCUT2D eigenvalue weighted by Gasteiger charge is -2.15. The van der Waals surface area contributed by atoms with Crippen molar-refractivity contribution in [2.75, 3.05) is 5.43 Å². The molecule has 38 heavy (non-hydrogen) atoms. The number of nitrogens with zero attached hydrogens (tertiary/aromatic N) is 5. The highest BCUT2D eigenvalue weighted by Gasteiger charge is 2.21. The molecule has 0 aromatic heterocycles. The van der Waals surface area contributed by atoms with Gasteiger partial charge in [0.15, 0.2) is 5.69 Å². The third kappa shape index (κ3) is 7.10. The van der Waals surface area contributed by atoms with Crippen LogP contribution < -0.4 is 5.43 Å². The Kier molecular flexibility index (Phi) is 8.46. The average Bonchev–Trinajstić information content (AvgIpc) is 2.83. The summed E-state index contributed by atoms with van der Waals surface area (Å²) in [4.78, 5) is 18.3. The third-order valence-electron chi connectivity index (χ3n) is 4.51. The van der Waals surface area contributed by atoms with Gasteiger partial charge in [-0.1, -0.05) is 0 Å². The first kappa shape index (κ1) is 28.6. The summed E-state index contributed by atoms with van der Waals surface area (Å²) < 4.78 is 70.7. The van der Waals surface area contributed by atoms with Crippen LogP contribution in [-0.4, -0.2) is 41.6 Å². The van der Waals surface area contributed by atoms with E-state index in [1.807, 2.05) is 22.6 Å². The van der Waals surface area contributed by atoms with Crippen LogP contribution in [0.5, 0.6) is 0 Å². The molecule has 1 N–H and O–H groups in total. The molecule has 0 amide bonds. The van der Waals surface area contributed by atoms with E-state index >= 15 is 0 Å². The molecule has 0 radical (unpaired) electrons. The zero-order chi connectivity index (χ0) is 28.3. The lowest BCUT2D eigenvalue weighted by molar-refractivity contribution is -0.393. The van der Waals surface area contributed by atoms with Crippen LogP contribution in [0.25, 0.3) is 0 Å². The van der Waals surface area contributed by atoms with Crippen molar-refractivity contribution in [3.8, 4) is 0 Å². The Balaban J connectivity index is 2.21. The SMILES string of the molecule is O=[N+]([O-])c1ccc(N=N/C(=N\Nc2ccc(I)cc2)c2ccc(S(=O)(=O)[O-])cc2S(=O)(=O)[O-])c([N+](=O)[O-])c1. The highest BCUT2D eigenvalue weighted by molar-refractivity contribution is 14.1. The number of amidine groups is 1. The molecule has 0 aliphatic heterocycles. The fraction of sp³-hybridized carbons (Fsp3) is 0. The van der Waals surface area contributed by atoms with Gasteiger partial charge in [0.2, 0.25) is 5.84 Å². The van der Waals surface area contributed by atoms with E-state index in [1.54, 1.807) is 24.3 Å². The number of rotatable bonds is 8. The molecule has 198 valence electrons. The molecule has 3 aromatic rings. The number of anilines is 1. The van der Waals surface area contributed by atoms with Crippen LogP contribution in [0.4, 0.5) is 22.7 Å². The molecule has 19 heteroatoms. The summed E-state index contributed by atoms with van der Waals surface area (Å²) in [5, 5.41) is 33.6. The molecule has 16 nitrogen and oxygen atoms in total. The van der Waals surface area contributed by atoms with Crippen LogP contribution in [0.15, 0.2) is 85.8 Å². The second-order valence-corrected chi connectivity index (χ2v) is 11.0. The lowest BCUT2D eigenvalue weighted by Crippen LogP contribution is -2.11. The Morgan fingerprint density at radius 2 is 1.50 bits per heavy atom. The molecule has 0 fully saturated rings. The van der Waals surface area contributed by atoms with Gasteiger partial charge >= 0.3 is 5.69 Å². The van der Waals surface area contributed by atoms with Crippen molar-refractivity contribution in [2.24, 2.45) is 15.3 Å².